The van der Waals surface area contributed by atoms with Gasteiger partial charge in [0, 0.05) is 25.2 Å². The highest BCUT2D eigenvalue weighted by molar-refractivity contribution is 5.79. The number of hydrogen-bond donors (Lipinski definition) is 2. The van der Waals surface area contributed by atoms with Crippen molar-refractivity contribution in [2.75, 3.05) is 0 Å². The molecule has 2 aromatic rings. The summed E-state index contributed by atoms with van der Waals surface area (Å²) in [6.07, 6.45) is 9.49. The average molecular weight is 282 g/mol. The first kappa shape index (κ1) is 13.2. The molecule has 0 unspecified atom stereocenters. The first-order valence-corrected chi connectivity index (χ1v) is 6.56. The lowest BCUT2D eigenvalue weighted by molar-refractivity contribution is 0.321. The number of phenols is 1. The number of oxime groups is 1. The SMILES string of the molecule is Cn1c(C=NO)ccc1[N+]1(c2ccc(O)cc2)C=CC=C1. The van der Waals surface area contributed by atoms with E-state index in [0.717, 1.165) is 17.2 Å². The van der Waals surface area contributed by atoms with Gasteiger partial charge in [0.1, 0.15) is 23.8 Å². The minimum Gasteiger partial charge on any atom is -0.508 e. The van der Waals surface area contributed by atoms with Gasteiger partial charge in [0.2, 0.25) is 5.82 Å². The molecule has 0 amide bonds. The minimum absolute atomic E-state index is 0.240. The fourth-order valence-corrected chi connectivity index (χ4v) is 2.65. The van der Waals surface area contributed by atoms with Crippen molar-refractivity contribution in [2.24, 2.45) is 12.2 Å². The molecule has 3 rings (SSSR count). The van der Waals surface area contributed by atoms with Gasteiger partial charge in [-0.05, 0) is 30.4 Å². The minimum atomic E-state index is 0.240. The third-order valence-electron chi connectivity index (χ3n) is 3.73. The molecule has 0 bridgehead atoms. The molecule has 106 valence electrons. The van der Waals surface area contributed by atoms with E-state index in [4.69, 9.17) is 5.21 Å². The topological polar surface area (TPSA) is 57.8 Å². The van der Waals surface area contributed by atoms with Crippen LogP contribution in [0.15, 0.2) is 66.1 Å². The van der Waals surface area contributed by atoms with Crippen molar-refractivity contribution >= 4 is 17.7 Å². The van der Waals surface area contributed by atoms with Crippen molar-refractivity contribution in [3.05, 3.63) is 66.6 Å². The van der Waals surface area contributed by atoms with E-state index in [0.29, 0.717) is 4.48 Å². The monoisotopic (exact) mass is 282 g/mol. The number of rotatable bonds is 3. The average Bonchev–Trinajstić information content (AvgIpc) is 3.09. The van der Waals surface area contributed by atoms with E-state index >= 15 is 0 Å². The van der Waals surface area contributed by atoms with E-state index < -0.39 is 0 Å². The fourth-order valence-electron chi connectivity index (χ4n) is 2.65. The predicted octanol–water partition coefficient (Wildman–Crippen LogP) is 3.22. The Morgan fingerprint density at radius 3 is 2.33 bits per heavy atom. The zero-order valence-corrected chi connectivity index (χ0v) is 11.6. The van der Waals surface area contributed by atoms with E-state index in [1.54, 1.807) is 12.1 Å². The molecule has 1 aromatic heterocycles. The van der Waals surface area contributed by atoms with Gasteiger partial charge in [-0.1, -0.05) is 5.16 Å². The maximum Gasteiger partial charge on any atom is 0.222 e. The van der Waals surface area contributed by atoms with E-state index in [1.807, 2.05) is 48.0 Å². The Balaban J connectivity index is 2.17. The smallest absolute Gasteiger partial charge is 0.222 e. The molecule has 0 atom stereocenters. The molecule has 5 nitrogen and oxygen atoms in total. The Labute approximate surface area is 122 Å². The number of quaternary nitrogens is 1. The molecule has 2 N–H and O–H groups in total. The molecule has 5 heteroatoms. The number of nitrogens with zero attached hydrogens (tertiary/aromatic N) is 3. The molecular formula is C16H16N3O2+. The van der Waals surface area contributed by atoms with Crippen molar-refractivity contribution < 1.29 is 10.3 Å². The predicted molar refractivity (Wildman–Crippen MR) is 82.6 cm³/mol. The van der Waals surface area contributed by atoms with Crippen LogP contribution in [0.5, 0.6) is 5.75 Å². The summed E-state index contributed by atoms with van der Waals surface area (Å²) < 4.78 is 2.38. The number of aromatic nitrogens is 1. The Morgan fingerprint density at radius 1 is 1.05 bits per heavy atom. The quantitative estimate of drug-likeness (QED) is 0.393. The van der Waals surface area contributed by atoms with Gasteiger partial charge in [0.15, 0.2) is 0 Å². The van der Waals surface area contributed by atoms with Crippen LogP contribution in [0.3, 0.4) is 0 Å². The number of allylic oxidation sites excluding steroid dienone is 2. The molecular weight excluding hydrogens is 266 g/mol. The van der Waals surface area contributed by atoms with Crippen LogP contribution < -0.4 is 4.48 Å². The Morgan fingerprint density at radius 2 is 1.71 bits per heavy atom. The van der Waals surface area contributed by atoms with Crippen LogP contribution in [0.4, 0.5) is 11.5 Å². The number of aromatic hydroxyl groups is 1. The van der Waals surface area contributed by atoms with Gasteiger partial charge in [-0.25, -0.2) is 0 Å². The summed E-state index contributed by atoms with van der Waals surface area (Å²) in [6, 6.07) is 11.0. The lowest BCUT2D eigenvalue weighted by atomic mass is 10.2. The number of phenolic OH excluding ortho intramolecular Hbond substituents is 1. The molecule has 0 fully saturated rings. The molecule has 0 spiro atoms. The first-order valence-electron chi connectivity index (χ1n) is 6.56. The Bertz CT molecular complexity index is 727. The second-order valence-electron chi connectivity index (χ2n) is 4.90. The maximum atomic E-state index is 9.49. The van der Waals surface area contributed by atoms with Crippen molar-refractivity contribution in [2.45, 2.75) is 0 Å². The summed E-state index contributed by atoms with van der Waals surface area (Å²) in [7, 11) is 1.92. The maximum absolute atomic E-state index is 9.49. The van der Waals surface area contributed by atoms with Crippen LogP contribution in [-0.4, -0.2) is 21.1 Å². The molecule has 0 saturated carbocycles. The van der Waals surface area contributed by atoms with Crippen LogP contribution in [0, 0.1) is 0 Å². The molecule has 1 aliphatic heterocycles. The lowest BCUT2D eigenvalue weighted by Gasteiger charge is -2.28. The summed E-state index contributed by atoms with van der Waals surface area (Å²) >= 11 is 0. The van der Waals surface area contributed by atoms with Gasteiger partial charge >= 0.3 is 0 Å². The van der Waals surface area contributed by atoms with Crippen molar-refractivity contribution in [1.82, 2.24) is 9.05 Å². The second kappa shape index (κ2) is 4.96. The molecule has 2 heterocycles. The van der Waals surface area contributed by atoms with Crippen LogP contribution in [-0.2, 0) is 7.05 Å². The van der Waals surface area contributed by atoms with Gasteiger partial charge < -0.3 is 10.3 Å². The van der Waals surface area contributed by atoms with E-state index in [-0.39, 0.29) is 5.75 Å². The van der Waals surface area contributed by atoms with E-state index in [2.05, 4.69) is 17.6 Å². The molecule has 1 aromatic carbocycles. The van der Waals surface area contributed by atoms with Gasteiger partial charge in [-0.15, -0.1) is 0 Å². The highest BCUT2D eigenvalue weighted by Crippen LogP contribution is 2.39. The van der Waals surface area contributed by atoms with Crippen LogP contribution in [0.2, 0.25) is 0 Å². The Hall–Kier alpha value is -2.79. The Kier molecular flexibility index (Phi) is 3.12. The van der Waals surface area contributed by atoms with Crippen LogP contribution >= 0.6 is 0 Å². The number of hydrogen-bond acceptors (Lipinski definition) is 3. The zero-order chi connectivity index (χ0) is 14.9. The summed E-state index contributed by atoms with van der Waals surface area (Å²) in [5, 5.41) is 21.3. The second-order valence-corrected chi connectivity index (χ2v) is 4.90. The summed E-state index contributed by atoms with van der Waals surface area (Å²) in [6.45, 7) is 0. The lowest BCUT2D eigenvalue weighted by Crippen LogP contribution is -2.32. The fraction of sp³-hybridized carbons (Fsp3) is 0.0625. The summed E-state index contributed by atoms with van der Waals surface area (Å²) in [5.41, 5.74) is 1.81. The molecule has 0 radical (unpaired) electrons. The third kappa shape index (κ3) is 2.04. The van der Waals surface area contributed by atoms with Gasteiger partial charge in [0.05, 0.1) is 11.9 Å². The molecule has 0 saturated heterocycles. The van der Waals surface area contributed by atoms with Crippen LogP contribution in [0.1, 0.15) is 5.69 Å². The highest BCUT2D eigenvalue weighted by Gasteiger charge is 2.34. The van der Waals surface area contributed by atoms with Crippen molar-refractivity contribution in [3.8, 4) is 5.75 Å². The molecule has 21 heavy (non-hydrogen) atoms. The molecule has 1 aliphatic rings. The van der Waals surface area contributed by atoms with Crippen molar-refractivity contribution in [3.63, 3.8) is 0 Å². The summed E-state index contributed by atoms with van der Waals surface area (Å²) in [4.78, 5) is 0. The third-order valence-corrected chi connectivity index (χ3v) is 3.73. The standard InChI is InChI=1S/C16H15N3O2/c1-18-13(12-17-21)4-9-16(18)19(10-2-3-11-19)14-5-7-15(20)8-6-14/h2-12H,1H3,(H-,20,21)/p+1. The number of benzene rings is 1. The van der Waals surface area contributed by atoms with Crippen LogP contribution in [0.25, 0.3) is 0 Å². The first-order chi connectivity index (χ1) is 10.2. The van der Waals surface area contributed by atoms with Crippen molar-refractivity contribution in [1.29, 1.82) is 0 Å². The van der Waals surface area contributed by atoms with E-state index in [1.165, 1.54) is 6.21 Å². The van der Waals surface area contributed by atoms with E-state index in [9.17, 15) is 5.11 Å². The zero-order valence-electron chi connectivity index (χ0n) is 11.6. The normalized spacial score (nSPS) is 16.0. The largest absolute Gasteiger partial charge is 0.508 e. The highest BCUT2D eigenvalue weighted by atomic mass is 16.4. The molecule has 0 aliphatic carbocycles. The van der Waals surface area contributed by atoms with Gasteiger partial charge in [-0.2, -0.15) is 4.48 Å². The summed E-state index contributed by atoms with van der Waals surface area (Å²) in [5.74, 6) is 1.24. The van der Waals surface area contributed by atoms with Gasteiger partial charge in [-0.3, -0.25) is 4.57 Å². The van der Waals surface area contributed by atoms with Gasteiger partial charge in [0.25, 0.3) is 0 Å².